The van der Waals surface area contributed by atoms with Gasteiger partial charge in [0.15, 0.2) is 0 Å². The molecule has 1 saturated carbocycles. The third-order valence-corrected chi connectivity index (χ3v) is 4.68. The topological polar surface area (TPSA) is 12.0 Å². The van der Waals surface area contributed by atoms with Crippen molar-refractivity contribution in [3.63, 3.8) is 0 Å². The molecule has 0 bridgehead atoms. The molecular formula is C15H31N. The fraction of sp³-hybridized carbons (Fsp3) is 1.00. The van der Waals surface area contributed by atoms with Crippen molar-refractivity contribution in [2.75, 3.05) is 7.05 Å². The highest BCUT2D eigenvalue weighted by Gasteiger charge is 2.28. The quantitative estimate of drug-likeness (QED) is 0.755. The molecule has 0 amide bonds. The first kappa shape index (κ1) is 14.0. The monoisotopic (exact) mass is 225 g/mol. The van der Waals surface area contributed by atoms with E-state index in [2.05, 4.69) is 40.1 Å². The second-order valence-corrected chi connectivity index (χ2v) is 6.80. The van der Waals surface area contributed by atoms with E-state index in [9.17, 15) is 0 Å². The lowest BCUT2D eigenvalue weighted by Gasteiger charge is -2.36. The van der Waals surface area contributed by atoms with Crippen molar-refractivity contribution in [1.29, 1.82) is 0 Å². The first-order chi connectivity index (χ1) is 7.45. The fourth-order valence-corrected chi connectivity index (χ4v) is 2.82. The summed E-state index contributed by atoms with van der Waals surface area (Å²) in [6, 6.07) is 0.745. The summed E-state index contributed by atoms with van der Waals surface area (Å²) >= 11 is 0. The maximum atomic E-state index is 3.57. The van der Waals surface area contributed by atoms with Gasteiger partial charge in [-0.05, 0) is 43.6 Å². The van der Waals surface area contributed by atoms with Crippen LogP contribution in [0, 0.1) is 17.3 Å². The first-order valence-corrected chi connectivity index (χ1v) is 7.12. The highest BCUT2D eigenvalue weighted by atomic mass is 14.9. The predicted molar refractivity (Wildman–Crippen MR) is 72.7 cm³/mol. The molecule has 0 aromatic carbocycles. The van der Waals surface area contributed by atoms with Crippen molar-refractivity contribution < 1.29 is 0 Å². The van der Waals surface area contributed by atoms with Gasteiger partial charge in [-0.2, -0.15) is 0 Å². The molecule has 1 rings (SSSR count). The van der Waals surface area contributed by atoms with E-state index in [-0.39, 0.29) is 0 Å². The molecule has 1 aliphatic carbocycles. The maximum absolute atomic E-state index is 3.57. The van der Waals surface area contributed by atoms with Crippen LogP contribution in [0.25, 0.3) is 0 Å². The summed E-state index contributed by atoms with van der Waals surface area (Å²) in [5.74, 6) is 1.73. The van der Waals surface area contributed by atoms with E-state index in [1.165, 1.54) is 38.5 Å². The summed E-state index contributed by atoms with van der Waals surface area (Å²) in [5.41, 5.74) is 0.448. The van der Waals surface area contributed by atoms with E-state index in [1.54, 1.807) is 0 Å². The highest BCUT2D eigenvalue weighted by Crippen LogP contribution is 2.34. The molecule has 0 aliphatic heterocycles. The Bertz CT molecular complexity index is 186. The second kappa shape index (κ2) is 6.05. The molecule has 1 N–H and O–H groups in total. The van der Waals surface area contributed by atoms with Gasteiger partial charge in [0.2, 0.25) is 0 Å². The van der Waals surface area contributed by atoms with Gasteiger partial charge in [-0.3, -0.25) is 0 Å². The predicted octanol–water partition coefficient (Wildman–Crippen LogP) is 4.23. The molecule has 0 aromatic rings. The molecule has 16 heavy (non-hydrogen) atoms. The van der Waals surface area contributed by atoms with E-state index in [1.807, 2.05) is 0 Å². The molecule has 96 valence electrons. The molecule has 1 nitrogen and oxygen atoms in total. The Hall–Kier alpha value is -0.0400. The molecule has 0 aromatic heterocycles. The van der Waals surface area contributed by atoms with Gasteiger partial charge in [0.1, 0.15) is 0 Å². The van der Waals surface area contributed by atoms with Crippen LogP contribution in [0.1, 0.15) is 66.2 Å². The Labute approximate surface area is 102 Å². The Kier molecular flexibility index (Phi) is 5.30. The van der Waals surface area contributed by atoms with Crippen molar-refractivity contribution in [2.24, 2.45) is 17.3 Å². The minimum atomic E-state index is 0.448. The average Bonchev–Trinajstić information content (AvgIpc) is 2.25. The van der Waals surface area contributed by atoms with E-state index in [0.29, 0.717) is 5.41 Å². The number of hydrogen-bond acceptors (Lipinski definition) is 1. The van der Waals surface area contributed by atoms with Crippen LogP contribution in [0.2, 0.25) is 0 Å². The zero-order valence-corrected chi connectivity index (χ0v) is 12.0. The molecule has 1 heteroatoms. The minimum absolute atomic E-state index is 0.448. The summed E-state index contributed by atoms with van der Waals surface area (Å²) in [5, 5.41) is 3.57. The Balaban J connectivity index is 2.47. The molecule has 2 unspecified atom stereocenters. The molecule has 2 atom stereocenters. The average molecular weight is 225 g/mol. The lowest BCUT2D eigenvalue weighted by molar-refractivity contribution is 0.182. The van der Waals surface area contributed by atoms with Crippen LogP contribution >= 0.6 is 0 Å². The molecule has 0 radical (unpaired) electrons. The van der Waals surface area contributed by atoms with Gasteiger partial charge < -0.3 is 5.32 Å². The van der Waals surface area contributed by atoms with E-state index in [4.69, 9.17) is 0 Å². The Morgan fingerprint density at radius 1 is 1.12 bits per heavy atom. The van der Waals surface area contributed by atoms with Crippen molar-refractivity contribution >= 4 is 0 Å². The summed E-state index contributed by atoms with van der Waals surface area (Å²) in [6.07, 6.45) is 8.59. The van der Waals surface area contributed by atoms with Crippen molar-refractivity contribution in [1.82, 2.24) is 5.32 Å². The molecule has 1 fully saturated rings. The summed E-state index contributed by atoms with van der Waals surface area (Å²) in [4.78, 5) is 0. The van der Waals surface area contributed by atoms with Crippen molar-refractivity contribution in [2.45, 2.75) is 72.3 Å². The van der Waals surface area contributed by atoms with E-state index in [0.717, 1.165) is 17.9 Å². The molecule has 0 saturated heterocycles. The summed E-state index contributed by atoms with van der Waals surface area (Å²) < 4.78 is 0. The van der Waals surface area contributed by atoms with Crippen LogP contribution in [0.5, 0.6) is 0 Å². The summed E-state index contributed by atoms with van der Waals surface area (Å²) in [7, 11) is 2.15. The van der Waals surface area contributed by atoms with Gasteiger partial charge in [0.05, 0.1) is 0 Å². The van der Waals surface area contributed by atoms with Gasteiger partial charge in [-0.25, -0.2) is 0 Å². The minimum Gasteiger partial charge on any atom is -0.317 e. The number of nitrogens with one attached hydrogen (secondary N) is 1. The smallest absolute Gasteiger partial charge is 0.00950 e. The molecule has 0 heterocycles. The third kappa shape index (κ3) is 4.08. The second-order valence-electron chi connectivity index (χ2n) is 6.80. The maximum Gasteiger partial charge on any atom is 0.00950 e. The van der Waals surface area contributed by atoms with Crippen LogP contribution in [-0.2, 0) is 0 Å². The van der Waals surface area contributed by atoms with Crippen LogP contribution in [0.15, 0.2) is 0 Å². The first-order valence-electron chi connectivity index (χ1n) is 7.12. The van der Waals surface area contributed by atoms with Crippen LogP contribution < -0.4 is 5.32 Å². The Morgan fingerprint density at radius 2 is 1.69 bits per heavy atom. The van der Waals surface area contributed by atoms with Gasteiger partial charge in [0, 0.05) is 6.04 Å². The number of hydrogen-bond donors (Lipinski definition) is 1. The van der Waals surface area contributed by atoms with Gasteiger partial charge >= 0.3 is 0 Å². The van der Waals surface area contributed by atoms with Gasteiger partial charge in [-0.1, -0.05) is 47.0 Å². The fourth-order valence-electron chi connectivity index (χ4n) is 2.82. The molecular weight excluding hydrogens is 194 g/mol. The SMILES string of the molecule is CNC(CC(C)C(C)(C)C)C1CCCCC1. The third-order valence-electron chi connectivity index (χ3n) is 4.68. The van der Waals surface area contributed by atoms with Crippen molar-refractivity contribution in [3.8, 4) is 0 Å². The van der Waals surface area contributed by atoms with Crippen LogP contribution in [-0.4, -0.2) is 13.1 Å². The largest absolute Gasteiger partial charge is 0.317 e. The lowest BCUT2D eigenvalue weighted by atomic mass is 9.74. The van der Waals surface area contributed by atoms with Crippen LogP contribution in [0.4, 0.5) is 0 Å². The Morgan fingerprint density at radius 3 is 2.12 bits per heavy atom. The standard InChI is InChI=1S/C15H31N/c1-12(15(2,3)4)11-14(16-5)13-9-7-6-8-10-13/h12-14,16H,6-11H2,1-5H3. The zero-order valence-electron chi connectivity index (χ0n) is 12.0. The van der Waals surface area contributed by atoms with E-state index < -0.39 is 0 Å². The van der Waals surface area contributed by atoms with Crippen LogP contribution in [0.3, 0.4) is 0 Å². The van der Waals surface area contributed by atoms with E-state index >= 15 is 0 Å². The zero-order chi connectivity index (χ0) is 12.2. The lowest BCUT2D eigenvalue weighted by Crippen LogP contribution is -2.38. The molecule has 1 aliphatic rings. The van der Waals surface area contributed by atoms with Gasteiger partial charge in [0.25, 0.3) is 0 Å². The number of rotatable bonds is 4. The molecule has 0 spiro atoms. The highest BCUT2D eigenvalue weighted by molar-refractivity contribution is 4.82. The summed E-state index contributed by atoms with van der Waals surface area (Å²) in [6.45, 7) is 9.51. The van der Waals surface area contributed by atoms with Crippen molar-refractivity contribution in [3.05, 3.63) is 0 Å². The van der Waals surface area contributed by atoms with Gasteiger partial charge in [-0.15, -0.1) is 0 Å². The normalized spacial score (nSPS) is 23.1.